The summed E-state index contributed by atoms with van der Waals surface area (Å²) in [5.41, 5.74) is 2.01. The van der Waals surface area contributed by atoms with E-state index in [2.05, 4.69) is 62.2 Å². The molecule has 0 spiro atoms. The Morgan fingerprint density at radius 2 is 1.54 bits per heavy atom. The summed E-state index contributed by atoms with van der Waals surface area (Å²) in [5, 5.41) is 3.12. The molecule has 1 N–H and O–H groups in total. The van der Waals surface area contributed by atoms with Crippen LogP contribution in [0.5, 0.6) is 0 Å². The number of likely N-dealkylation sites (tertiary alicyclic amines) is 2. The molecule has 0 saturated carbocycles. The second-order valence-corrected chi connectivity index (χ2v) is 13.1. The predicted octanol–water partition coefficient (Wildman–Crippen LogP) is 5.23. The van der Waals surface area contributed by atoms with Crippen molar-refractivity contribution in [3.8, 4) is 0 Å². The summed E-state index contributed by atoms with van der Waals surface area (Å²) in [4.78, 5) is 46.7. The fraction of sp³-hybridized carbons (Fsp3) is 0.676. The van der Waals surface area contributed by atoms with Gasteiger partial charge in [-0.05, 0) is 76.3 Å². The van der Waals surface area contributed by atoms with Gasteiger partial charge in [0, 0.05) is 31.8 Å². The van der Waals surface area contributed by atoms with Crippen LogP contribution >= 0.6 is 0 Å². The third-order valence-electron chi connectivity index (χ3n) is 9.03. The van der Waals surface area contributed by atoms with Gasteiger partial charge in [-0.3, -0.25) is 19.3 Å². The minimum atomic E-state index is -0.619. The molecule has 2 aliphatic heterocycles. The van der Waals surface area contributed by atoms with Gasteiger partial charge in [-0.1, -0.05) is 70.5 Å². The number of piperidine rings is 2. The maximum atomic E-state index is 13.9. The van der Waals surface area contributed by atoms with Crippen molar-refractivity contribution in [2.75, 3.05) is 26.7 Å². The lowest BCUT2D eigenvalue weighted by Crippen LogP contribution is -2.58. The lowest BCUT2D eigenvalue weighted by molar-refractivity contribution is -0.140. The van der Waals surface area contributed by atoms with E-state index in [1.54, 1.807) is 11.9 Å². The Hall–Kier alpha value is -2.67. The van der Waals surface area contributed by atoms with Gasteiger partial charge in [-0.15, -0.1) is 0 Å². The first kappa shape index (κ1) is 32.8. The van der Waals surface area contributed by atoms with Crippen molar-refractivity contribution in [2.45, 2.75) is 111 Å². The third kappa shape index (κ3) is 8.43. The topological polar surface area (TPSA) is 73.0 Å². The summed E-state index contributed by atoms with van der Waals surface area (Å²) in [6.07, 6.45) is 6.82. The molecule has 7 nitrogen and oxygen atoms in total. The Morgan fingerprint density at radius 3 is 2.10 bits per heavy atom. The van der Waals surface area contributed by atoms with Gasteiger partial charge in [-0.25, -0.2) is 0 Å². The van der Waals surface area contributed by atoms with Crippen molar-refractivity contribution in [3.05, 3.63) is 47.5 Å². The Kier molecular flexibility index (Phi) is 12.0. The molecule has 1 aromatic carbocycles. The van der Waals surface area contributed by atoms with E-state index >= 15 is 0 Å². The number of likely N-dealkylation sites (N-methyl/N-ethyl adjacent to an activating group) is 1. The second kappa shape index (κ2) is 15.0. The fourth-order valence-electron chi connectivity index (χ4n) is 6.45. The number of amides is 3. The molecule has 2 heterocycles. The molecule has 1 aromatic rings. The zero-order valence-electron chi connectivity index (χ0n) is 26.7. The molecule has 0 bridgehead atoms. The van der Waals surface area contributed by atoms with Crippen molar-refractivity contribution >= 4 is 17.7 Å². The molecule has 41 heavy (non-hydrogen) atoms. The lowest BCUT2D eigenvalue weighted by Gasteiger charge is -2.39. The highest BCUT2D eigenvalue weighted by Crippen LogP contribution is 2.29. The van der Waals surface area contributed by atoms with E-state index in [4.69, 9.17) is 0 Å². The first-order valence-corrected chi connectivity index (χ1v) is 15.8. The van der Waals surface area contributed by atoms with E-state index in [9.17, 15) is 14.4 Å². The van der Waals surface area contributed by atoms with Crippen LogP contribution in [0.15, 0.2) is 42.0 Å². The van der Waals surface area contributed by atoms with Crippen LogP contribution in [-0.4, -0.2) is 83.3 Å². The second-order valence-electron chi connectivity index (χ2n) is 13.1. The molecular weight excluding hydrogens is 512 g/mol. The van der Waals surface area contributed by atoms with E-state index in [1.165, 1.54) is 5.56 Å². The molecule has 0 aliphatic carbocycles. The minimum absolute atomic E-state index is 0.0443. The van der Waals surface area contributed by atoms with E-state index in [0.717, 1.165) is 51.7 Å². The maximum absolute atomic E-state index is 13.9. The van der Waals surface area contributed by atoms with Gasteiger partial charge in [0.1, 0.15) is 6.04 Å². The van der Waals surface area contributed by atoms with Gasteiger partial charge in [-0.2, -0.15) is 0 Å². The van der Waals surface area contributed by atoms with E-state index in [-0.39, 0.29) is 47.7 Å². The average Bonchev–Trinajstić information content (AvgIpc) is 2.97. The smallest absolute Gasteiger partial charge is 0.249 e. The zero-order chi connectivity index (χ0) is 30.3. The van der Waals surface area contributed by atoms with Gasteiger partial charge >= 0.3 is 0 Å². The molecule has 3 rings (SSSR count). The van der Waals surface area contributed by atoms with Gasteiger partial charge in [0.15, 0.2) is 0 Å². The zero-order valence-corrected chi connectivity index (χ0v) is 26.7. The summed E-state index contributed by atoms with van der Waals surface area (Å²) in [5.74, 6) is 0.410. The fourth-order valence-corrected chi connectivity index (χ4v) is 6.45. The first-order chi connectivity index (χ1) is 19.4. The predicted molar refractivity (Wildman–Crippen MR) is 166 cm³/mol. The number of nitrogens with one attached hydrogen (secondary N) is 1. The van der Waals surface area contributed by atoms with Crippen molar-refractivity contribution in [3.63, 3.8) is 0 Å². The van der Waals surface area contributed by atoms with Crippen LogP contribution in [-0.2, 0) is 14.4 Å². The van der Waals surface area contributed by atoms with Gasteiger partial charge in [0.05, 0.1) is 12.1 Å². The molecule has 0 radical (unpaired) electrons. The lowest BCUT2D eigenvalue weighted by atomic mass is 9.89. The van der Waals surface area contributed by atoms with Crippen molar-refractivity contribution in [2.24, 2.45) is 11.8 Å². The summed E-state index contributed by atoms with van der Waals surface area (Å²) in [7, 11) is 1.80. The van der Waals surface area contributed by atoms with Crippen LogP contribution in [0.1, 0.15) is 92.1 Å². The summed E-state index contributed by atoms with van der Waals surface area (Å²) < 4.78 is 0. The van der Waals surface area contributed by atoms with Crippen molar-refractivity contribution in [1.82, 2.24) is 20.0 Å². The Bertz CT molecular complexity index is 1040. The summed E-state index contributed by atoms with van der Waals surface area (Å²) >= 11 is 0. The monoisotopic (exact) mass is 566 g/mol. The normalized spacial score (nSPS) is 20.8. The van der Waals surface area contributed by atoms with Gasteiger partial charge in [0.2, 0.25) is 17.7 Å². The number of hydrogen-bond donors (Lipinski definition) is 1. The number of nitrogens with zero attached hydrogens (tertiary/aromatic N) is 3. The first-order valence-electron chi connectivity index (χ1n) is 15.8. The highest BCUT2D eigenvalue weighted by atomic mass is 16.2. The largest absolute Gasteiger partial charge is 0.343 e. The average molecular weight is 567 g/mol. The van der Waals surface area contributed by atoms with Crippen LogP contribution in [0.25, 0.3) is 0 Å². The SMILES string of the molecule is CC(=C[C@H](C(C)C)N(C)C(=O)[C@@H](NC(=O)[C@H]1CCCCN1C(C)C)C(C)C)C(=O)N1CCC(c2ccccc2)CC1. The number of benzene rings is 1. The quantitative estimate of drug-likeness (QED) is 0.394. The third-order valence-corrected chi connectivity index (χ3v) is 9.03. The molecule has 2 fully saturated rings. The van der Waals surface area contributed by atoms with E-state index in [0.29, 0.717) is 11.5 Å². The highest BCUT2D eigenvalue weighted by Gasteiger charge is 2.36. The standard InChI is InChI=1S/C34H54N4O3/c1-23(2)30(22-26(7)33(40)37-20-17-28(18-21-37)27-14-10-9-11-15-27)36(8)34(41)31(24(3)4)35-32(39)29-16-12-13-19-38(29)25(5)6/h9-11,14-15,22-25,28-31H,12-13,16-21H2,1-8H3,(H,35,39)/t29-,30-,31+/m1/s1. The molecule has 2 saturated heterocycles. The number of rotatable bonds is 10. The maximum Gasteiger partial charge on any atom is 0.249 e. The van der Waals surface area contributed by atoms with Crippen molar-refractivity contribution < 1.29 is 14.4 Å². The van der Waals surface area contributed by atoms with Crippen LogP contribution < -0.4 is 5.32 Å². The molecule has 7 heteroatoms. The van der Waals surface area contributed by atoms with Crippen LogP contribution in [0.2, 0.25) is 0 Å². The van der Waals surface area contributed by atoms with Gasteiger partial charge in [0.25, 0.3) is 0 Å². The Labute approximate surface area is 248 Å². The highest BCUT2D eigenvalue weighted by molar-refractivity contribution is 5.93. The molecule has 228 valence electrons. The summed E-state index contributed by atoms with van der Waals surface area (Å²) in [6, 6.07) is 9.75. The molecule has 0 unspecified atom stereocenters. The molecule has 0 aromatic heterocycles. The molecule has 2 aliphatic rings. The van der Waals surface area contributed by atoms with Crippen LogP contribution in [0.3, 0.4) is 0 Å². The number of carbonyl (C=O) groups is 3. The Morgan fingerprint density at radius 1 is 0.902 bits per heavy atom. The number of carbonyl (C=O) groups excluding carboxylic acids is 3. The molecular formula is C34H54N4O3. The summed E-state index contributed by atoms with van der Waals surface area (Å²) in [6.45, 7) is 16.6. The van der Waals surface area contributed by atoms with E-state index < -0.39 is 6.04 Å². The molecule has 3 amide bonds. The minimum Gasteiger partial charge on any atom is -0.343 e. The molecule has 3 atom stereocenters. The van der Waals surface area contributed by atoms with E-state index in [1.807, 2.05) is 37.8 Å². The Balaban J connectivity index is 1.68. The van der Waals surface area contributed by atoms with Gasteiger partial charge < -0.3 is 15.1 Å². The van der Waals surface area contributed by atoms with Crippen LogP contribution in [0, 0.1) is 11.8 Å². The van der Waals surface area contributed by atoms with Crippen molar-refractivity contribution in [1.29, 1.82) is 0 Å². The van der Waals surface area contributed by atoms with Crippen LogP contribution in [0.4, 0.5) is 0 Å². The number of hydrogen-bond acceptors (Lipinski definition) is 4.